The second-order valence-corrected chi connectivity index (χ2v) is 6.80. The highest BCUT2D eigenvalue weighted by molar-refractivity contribution is 7.89. The fourth-order valence-electron chi connectivity index (χ4n) is 1.74. The number of aromatic nitrogens is 3. The predicted octanol–water partition coefficient (Wildman–Crippen LogP) is 0.292. The number of nitrogens with two attached hydrogens (primary N) is 1. The van der Waals surface area contributed by atoms with Gasteiger partial charge < -0.3 is 11.1 Å². The van der Waals surface area contributed by atoms with Gasteiger partial charge in [-0.2, -0.15) is 5.10 Å². The van der Waals surface area contributed by atoms with Gasteiger partial charge in [0, 0.05) is 27.1 Å². The van der Waals surface area contributed by atoms with Crippen molar-refractivity contribution in [2.75, 3.05) is 31.7 Å². The van der Waals surface area contributed by atoms with Crippen molar-refractivity contribution >= 4 is 21.4 Å². The first-order valence-corrected chi connectivity index (χ1v) is 7.75. The smallest absolute Gasteiger partial charge is 0.242 e. The molecule has 0 saturated heterocycles. The number of nitrogens with zero attached hydrogens (tertiary/aromatic N) is 3. The number of hydrogen-bond acceptors (Lipinski definition) is 6. The van der Waals surface area contributed by atoms with Crippen LogP contribution in [0.2, 0.25) is 0 Å². The van der Waals surface area contributed by atoms with Crippen LogP contribution in [-0.4, -0.2) is 48.5 Å². The van der Waals surface area contributed by atoms with Crippen LogP contribution in [0.15, 0.2) is 29.4 Å². The Morgan fingerprint density at radius 1 is 1.38 bits per heavy atom. The molecule has 0 amide bonds. The number of aromatic amines is 1. The lowest BCUT2D eigenvalue weighted by Gasteiger charge is -2.14. The summed E-state index contributed by atoms with van der Waals surface area (Å²) >= 11 is 0. The fourth-order valence-corrected chi connectivity index (χ4v) is 2.68. The maximum Gasteiger partial charge on any atom is 0.242 e. The quantitative estimate of drug-likeness (QED) is 0.660. The Bertz CT molecular complexity index is 697. The zero-order chi connectivity index (χ0) is 15.5. The second-order valence-electron chi connectivity index (χ2n) is 4.65. The number of sulfonamides is 1. The Hall–Kier alpha value is -2.13. The van der Waals surface area contributed by atoms with Crippen LogP contribution in [0.5, 0.6) is 0 Å². The lowest BCUT2D eigenvalue weighted by molar-refractivity contribution is 0.521. The van der Waals surface area contributed by atoms with E-state index in [-0.39, 0.29) is 4.90 Å². The average molecular weight is 310 g/mol. The normalized spacial score (nSPS) is 11.8. The Balaban J connectivity index is 2.06. The number of rotatable bonds is 6. The minimum Gasteiger partial charge on any atom is -0.397 e. The van der Waals surface area contributed by atoms with Gasteiger partial charge in [0.15, 0.2) is 0 Å². The van der Waals surface area contributed by atoms with E-state index in [0.717, 1.165) is 10.1 Å². The first kappa shape index (κ1) is 15.3. The van der Waals surface area contributed by atoms with Gasteiger partial charge in [0.25, 0.3) is 0 Å². The molecule has 0 spiro atoms. The minimum atomic E-state index is -3.47. The lowest BCUT2D eigenvalue weighted by atomic mass is 10.2. The number of hydrogen-bond donors (Lipinski definition) is 3. The maximum absolute atomic E-state index is 12.0. The SMILES string of the molecule is CN(C)S(=O)(=O)c1ccc(NCCc2ncn[nH]2)c(N)c1. The molecule has 0 aliphatic carbocycles. The second kappa shape index (κ2) is 6.10. The molecular weight excluding hydrogens is 292 g/mol. The summed E-state index contributed by atoms with van der Waals surface area (Å²) in [7, 11) is -0.507. The molecule has 1 aromatic carbocycles. The molecule has 0 saturated carbocycles. The fraction of sp³-hybridized carbons (Fsp3) is 0.333. The molecule has 1 aromatic heterocycles. The van der Waals surface area contributed by atoms with Crippen molar-refractivity contribution in [1.82, 2.24) is 19.5 Å². The van der Waals surface area contributed by atoms with Crippen molar-refractivity contribution < 1.29 is 8.42 Å². The largest absolute Gasteiger partial charge is 0.397 e. The molecule has 0 bridgehead atoms. The van der Waals surface area contributed by atoms with Crippen LogP contribution in [-0.2, 0) is 16.4 Å². The van der Waals surface area contributed by atoms with Crippen molar-refractivity contribution in [3.63, 3.8) is 0 Å². The molecule has 21 heavy (non-hydrogen) atoms. The molecule has 0 aliphatic rings. The highest BCUT2D eigenvalue weighted by Crippen LogP contribution is 2.23. The van der Waals surface area contributed by atoms with E-state index in [1.807, 2.05) is 0 Å². The summed E-state index contributed by atoms with van der Waals surface area (Å²) in [5, 5.41) is 9.66. The van der Waals surface area contributed by atoms with E-state index in [4.69, 9.17) is 5.73 Å². The summed E-state index contributed by atoms with van der Waals surface area (Å²) in [6, 6.07) is 4.64. The van der Waals surface area contributed by atoms with Gasteiger partial charge in [0.1, 0.15) is 12.2 Å². The number of nitrogen functional groups attached to an aromatic ring is 1. The topological polar surface area (TPSA) is 117 Å². The van der Waals surface area contributed by atoms with Gasteiger partial charge in [0.2, 0.25) is 10.0 Å². The van der Waals surface area contributed by atoms with Gasteiger partial charge in [0.05, 0.1) is 16.3 Å². The van der Waals surface area contributed by atoms with Crippen LogP contribution in [0, 0.1) is 0 Å². The van der Waals surface area contributed by atoms with Crippen LogP contribution in [0.4, 0.5) is 11.4 Å². The standard InChI is InChI=1S/C12H18N6O2S/c1-18(2)21(19,20)9-3-4-11(10(13)7-9)14-6-5-12-15-8-16-17-12/h3-4,7-8,14H,5-6,13H2,1-2H3,(H,15,16,17). The molecule has 2 aromatic rings. The van der Waals surface area contributed by atoms with Crippen molar-refractivity contribution in [2.24, 2.45) is 0 Å². The van der Waals surface area contributed by atoms with E-state index >= 15 is 0 Å². The summed E-state index contributed by atoms with van der Waals surface area (Å²) in [5.41, 5.74) is 6.97. The van der Waals surface area contributed by atoms with Crippen LogP contribution in [0.1, 0.15) is 5.82 Å². The Kier molecular flexibility index (Phi) is 4.43. The van der Waals surface area contributed by atoms with E-state index in [1.165, 1.54) is 32.6 Å². The number of nitrogens with one attached hydrogen (secondary N) is 2. The van der Waals surface area contributed by atoms with Crippen LogP contribution < -0.4 is 11.1 Å². The zero-order valence-corrected chi connectivity index (χ0v) is 12.7. The van der Waals surface area contributed by atoms with Gasteiger partial charge in [-0.05, 0) is 18.2 Å². The van der Waals surface area contributed by atoms with Gasteiger partial charge in [-0.3, -0.25) is 5.10 Å². The van der Waals surface area contributed by atoms with E-state index < -0.39 is 10.0 Å². The van der Waals surface area contributed by atoms with Crippen molar-refractivity contribution in [3.8, 4) is 0 Å². The summed E-state index contributed by atoms with van der Waals surface area (Å²) in [6.07, 6.45) is 2.11. The van der Waals surface area contributed by atoms with E-state index in [2.05, 4.69) is 20.5 Å². The molecule has 0 atom stereocenters. The molecule has 0 radical (unpaired) electrons. The zero-order valence-electron chi connectivity index (χ0n) is 11.9. The molecule has 0 aliphatic heterocycles. The van der Waals surface area contributed by atoms with E-state index in [0.29, 0.717) is 24.3 Å². The van der Waals surface area contributed by atoms with Crippen LogP contribution >= 0.6 is 0 Å². The minimum absolute atomic E-state index is 0.172. The first-order valence-electron chi connectivity index (χ1n) is 6.31. The highest BCUT2D eigenvalue weighted by atomic mass is 32.2. The van der Waals surface area contributed by atoms with Crippen LogP contribution in [0.25, 0.3) is 0 Å². The summed E-state index contributed by atoms with van der Waals surface area (Å²) < 4.78 is 25.1. The molecular formula is C12H18N6O2S. The number of benzene rings is 1. The molecule has 0 unspecified atom stereocenters. The molecule has 8 nitrogen and oxygen atoms in total. The summed E-state index contributed by atoms with van der Waals surface area (Å²) in [5.74, 6) is 0.771. The summed E-state index contributed by atoms with van der Waals surface area (Å²) in [6.45, 7) is 0.610. The molecule has 114 valence electrons. The van der Waals surface area contributed by atoms with Gasteiger partial charge >= 0.3 is 0 Å². The molecule has 2 rings (SSSR count). The third kappa shape index (κ3) is 3.50. The monoisotopic (exact) mass is 310 g/mol. The van der Waals surface area contributed by atoms with Crippen LogP contribution in [0.3, 0.4) is 0 Å². The van der Waals surface area contributed by atoms with Crippen molar-refractivity contribution in [3.05, 3.63) is 30.4 Å². The summed E-state index contributed by atoms with van der Waals surface area (Å²) in [4.78, 5) is 4.18. The molecule has 0 fully saturated rings. The van der Waals surface area contributed by atoms with Gasteiger partial charge in [-0.25, -0.2) is 17.7 Å². The first-order chi connectivity index (χ1) is 9.91. The molecule has 9 heteroatoms. The predicted molar refractivity (Wildman–Crippen MR) is 80.3 cm³/mol. The third-order valence-corrected chi connectivity index (χ3v) is 4.75. The third-order valence-electron chi connectivity index (χ3n) is 2.94. The van der Waals surface area contributed by atoms with Gasteiger partial charge in [-0.15, -0.1) is 0 Å². The Morgan fingerprint density at radius 2 is 2.14 bits per heavy atom. The lowest BCUT2D eigenvalue weighted by Crippen LogP contribution is -2.22. The Labute approximate surface area is 123 Å². The maximum atomic E-state index is 12.0. The number of H-pyrrole nitrogens is 1. The van der Waals surface area contributed by atoms with E-state index in [1.54, 1.807) is 6.07 Å². The van der Waals surface area contributed by atoms with Gasteiger partial charge in [-0.1, -0.05) is 0 Å². The highest BCUT2D eigenvalue weighted by Gasteiger charge is 2.17. The van der Waals surface area contributed by atoms with Crippen molar-refractivity contribution in [1.29, 1.82) is 0 Å². The van der Waals surface area contributed by atoms with Crippen molar-refractivity contribution in [2.45, 2.75) is 11.3 Å². The number of anilines is 2. The average Bonchev–Trinajstić information content (AvgIpc) is 2.93. The Morgan fingerprint density at radius 3 is 2.71 bits per heavy atom. The van der Waals surface area contributed by atoms with E-state index in [9.17, 15) is 8.42 Å². The molecule has 4 N–H and O–H groups in total. The molecule has 1 heterocycles.